The maximum Gasteiger partial charge on any atom is 0.376 e. The summed E-state index contributed by atoms with van der Waals surface area (Å²) in [6.07, 6.45) is 0. The predicted molar refractivity (Wildman–Crippen MR) is 65.8 cm³/mol. The van der Waals surface area contributed by atoms with Crippen LogP contribution in [0.25, 0.3) is 0 Å². The Bertz CT molecular complexity index is 436. The summed E-state index contributed by atoms with van der Waals surface area (Å²) in [7, 11) is 0. The van der Waals surface area contributed by atoms with Gasteiger partial charge in [-0.1, -0.05) is 26.0 Å². The third-order valence-electron chi connectivity index (χ3n) is 2.60. The van der Waals surface area contributed by atoms with Gasteiger partial charge in [-0.2, -0.15) is 4.39 Å². The third-order valence-corrected chi connectivity index (χ3v) is 3.87. The highest BCUT2D eigenvalue weighted by Crippen LogP contribution is 2.43. The minimum Gasteiger partial charge on any atom is -0.441 e. The van der Waals surface area contributed by atoms with Crippen molar-refractivity contribution < 1.29 is 13.9 Å². The van der Waals surface area contributed by atoms with Crippen LogP contribution in [0.4, 0.5) is 4.39 Å². The van der Waals surface area contributed by atoms with Gasteiger partial charge in [0.2, 0.25) is 0 Å². The van der Waals surface area contributed by atoms with Crippen LogP contribution in [0.1, 0.15) is 24.2 Å². The van der Waals surface area contributed by atoms with Gasteiger partial charge in [0.25, 0.3) is 5.78 Å². The van der Waals surface area contributed by atoms with Crippen LogP contribution in [0.5, 0.6) is 5.75 Å². The molecule has 0 N–H and O–H groups in total. The molecule has 0 spiro atoms. The normalized spacial score (nSPS) is 22.7. The minimum absolute atomic E-state index is 0.314. The van der Waals surface area contributed by atoms with E-state index in [0.717, 1.165) is 11.9 Å². The Morgan fingerprint density at radius 3 is 2.59 bits per heavy atom. The first-order valence-electron chi connectivity index (χ1n) is 5.56. The van der Waals surface area contributed by atoms with Gasteiger partial charge in [0.1, 0.15) is 5.75 Å². The molecule has 1 atom stereocenters. The van der Waals surface area contributed by atoms with Crippen LogP contribution in [-0.4, -0.2) is 28.4 Å². The Hall–Kier alpha value is -1.07. The van der Waals surface area contributed by atoms with E-state index in [9.17, 15) is 9.18 Å². The van der Waals surface area contributed by atoms with Crippen molar-refractivity contribution in [2.24, 2.45) is 0 Å². The second-order valence-electron chi connectivity index (χ2n) is 3.67. The second-order valence-corrected chi connectivity index (χ2v) is 4.89. The average molecular weight is 255 g/mol. The topological polar surface area (TPSA) is 29.5 Å². The molecular formula is C12H14FNO2S. The van der Waals surface area contributed by atoms with E-state index in [0.29, 0.717) is 24.4 Å². The molecule has 1 aromatic carbocycles. The first kappa shape index (κ1) is 12.4. The van der Waals surface area contributed by atoms with Gasteiger partial charge in [-0.05, 0) is 12.1 Å². The number of hydrogen-bond donors (Lipinski definition) is 0. The molecule has 0 bridgehead atoms. The van der Waals surface area contributed by atoms with Crippen molar-refractivity contribution >= 4 is 17.7 Å². The van der Waals surface area contributed by atoms with Gasteiger partial charge in [-0.15, -0.1) is 0 Å². The van der Waals surface area contributed by atoms with Gasteiger partial charge < -0.3 is 4.74 Å². The summed E-state index contributed by atoms with van der Waals surface area (Å²) >= 11 is 0.814. The van der Waals surface area contributed by atoms with Crippen LogP contribution in [0.3, 0.4) is 0 Å². The molecule has 1 aliphatic heterocycles. The number of halogens is 1. The van der Waals surface area contributed by atoms with E-state index in [-0.39, 0.29) is 0 Å². The summed E-state index contributed by atoms with van der Waals surface area (Å²) in [5.74, 6) is -0.287. The molecule has 0 saturated carbocycles. The Balaban J connectivity index is 2.23. The molecule has 92 valence electrons. The SMILES string of the molecule is CCN(CC)SC1(F)Oc2ccccc2C1=O. The molecule has 0 aromatic heterocycles. The van der Waals surface area contributed by atoms with E-state index in [1.165, 1.54) is 0 Å². The zero-order valence-electron chi connectivity index (χ0n) is 9.77. The smallest absolute Gasteiger partial charge is 0.376 e. The number of carbonyl (C=O) groups is 1. The van der Waals surface area contributed by atoms with Crippen molar-refractivity contribution in [1.82, 2.24) is 4.31 Å². The maximum atomic E-state index is 14.5. The average Bonchev–Trinajstić information content (AvgIpc) is 2.60. The standard InChI is InChI=1S/C12H14FNO2S/c1-3-14(4-2)17-12(13)11(15)9-7-5-6-8-10(9)16-12/h5-8H,3-4H2,1-2H3. The van der Waals surface area contributed by atoms with E-state index < -0.39 is 11.0 Å². The number of fused-ring (bicyclic) bond motifs is 1. The van der Waals surface area contributed by atoms with Crippen LogP contribution in [0.15, 0.2) is 24.3 Å². The quantitative estimate of drug-likeness (QED) is 0.774. The molecule has 1 unspecified atom stereocenters. The zero-order valence-corrected chi connectivity index (χ0v) is 10.6. The van der Waals surface area contributed by atoms with Crippen LogP contribution in [-0.2, 0) is 0 Å². The lowest BCUT2D eigenvalue weighted by molar-refractivity contribution is 0.0369. The maximum absolute atomic E-state index is 14.5. The van der Waals surface area contributed by atoms with Gasteiger partial charge in [-0.3, -0.25) is 4.79 Å². The molecule has 1 aromatic rings. The molecule has 0 saturated heterocycles. The van der Waals surface area contributed by atoms with Gasteiger partial charge >= 0.3 is 5.19 Å². The highest BCUT2D eigenvalue weighted by Gasteiger charge is 2.50. The first-order chi connectivity index (χ1) is 8.10. The lowest BCUT2D eigenvalue weighted by Gasteiger charge is -2.24. The van der Waals surface area contributed by atoms with Crippen molar-refractivity contribution in [3.63, 3.8) is 0 Å². The highest BCUT2D eigenvalue weighted by molar-refractivity contribution is 7.98. The van der Waals surface area contributed by atoms with E-state index in [1.807, 2.05) is 13.8 Å². The molecule has 5 heteroatoms. The molecule has 1 heterocycles. The highest BCUT2D eigenvalue weighted by atomic mass is 32.2. The summed E-state index contributed by atoms with van der Waals surface area (Å²) in [5.41, 5.74) is 0.314. The van der Waals surface area contributed by atoms with Crippen molar-refractivity contribution in [2.45, 2.75) is 19.0 Å². The Morgan fingerprint density at radius 2 is 2.00 bits per heavy atom. The molecule has 0 aliphatic carbocycles. The molecule has 0 fully saturated rings. The molecular weight excluding hydrogens is 241 g/mol. The number of benzene rings is 1. The van der Waals surface area contributed by atoms with Crippen molar-refractivity contribution in [2.75, 3.05) is 13.1 Å². The molecule has 2 rings (SSSR count). The van der Waals surface area contributed by atoms with Crippen LogP contribution in [0.2, 0.25) is 0 Å². The van der Waals surface area contributed by atoms with Crippen molar-refractivity contribution in [3.05, 3.63) is 29.8 Å². The number of ketones is 1. The third kappa shape index (κ3) is 2.17. The van der Waals surface area contributed by atoms with Gasteiger partial charge in [0.05, 0.1) is 5.56 Å². The van der Waals surface area contributed by atoms with Crippen molar-refractivity contribution in [3.8, 4) is 5.75 Å². The Morgan fingerprint density at radius 1 is 1.35 bits per heavy atom. The zero-order chi connectivity index (χ0) is 12.5. The summed E-state index contributed by atoms with van der Waals surface area (Å²) in [6.45, 7) is 5.12. The minimum atomic E-state index is -2.31. The number of para-hydroxylation sites is 1. The van der Waals surface area contributed by atoms with Crippen LogP contribution in [0, 0.1) is 0 Å². The van der Waals surface area contributed by atoms with Crippen LogP contribution < -0.4 is 4.74 Å². The van der Waals surface area contributed by atoms with E-state index in [4.69, 9.17) is 4.74 Å². The number of rotatable bonds is 4. The fraction of sp³-hybridized carbons (Fsp3) is 0.417. The number of carbonyl (C=O) groups excluding carboxylic acids is 1. The van der Waals surface area contributed by atoms with Crippen LogP contribution >= 0.6 is 11.9 Å². The molecule has 0 radical (unpaired) electrons. The Labute approximate surface area is 104 Å². The van der Waals surface area contributed by atoms with Gasteiger partial charge in [-0.25, -0.2) is 4.31 Å². The van der Waals surface area contributed by atoms with Gasteiger partial charge in [0, 0.05) is 25.0 Å². The summed E-state index contributed by atoms with van der Waals surface area (Å²) in [6, 6.07) is 6.62. The fourth-order valence-corrected chi connectivity index (χ4v) is 2.58. The summed E-state index contributed by atoms with van der Waals surface area (Å²) in [5, 5.41) is -2.31. The monoisotopic (exact) mass is 255 g/mol. The number of ether oxygens (including phenoxy) is 1. The van der Waals surface area contributed by atoms with E-state index >= 15 is 0 Å². The number of Topliss-reactive ketones (excluding diaryl/α,β-unsaturated/α-hetero) is 1. The Kier molecular flexibility index (Phi) is 3.40. The molecule has 1 aliphatic rings. The summed E-state index contributed by atoms with van der Waals surface area (Å²) in [4.78, 5) is 11.9. The van der Waals surface area contributed by atoms with Gasteiger partial charge in [0.15, 0.2) is 0 Å². The predicted octanol–water partition coefficient (Wildman–Crippen LogP) is 2.88. The first-order valence-corrected chi connectivity index (χ1v) is 6.34. The molecule has 17 heavy (non-hydrogen) atoms. The number of nitrogens with zero attached hydrogens (tertiary/aromatic N) is 1. The van der Waals surface area contributed by atoms with E-state index in [1.54, 1.807) is 28.6 Å². The lowest BCUT2D eigenvalue weighted by Crippen LogP contribution is -2.35. The van der Waals surface area contributed by atoms with E-state index in [2.05, 4.69) is 0 Å². The summed E-state index contributed by atoms with van der Waals surface area (Å²) < 4.78 is 21.4. The number of hydrogen-bond acceptors (Lipinski definition) is 4. The second kappa shape index (κ2) is 4.66. The molecule has 0 amide bonds. The number of alkyl halides is 1. The van der Waals surface area contributed by atoms with Crippen molar-refractivity contribution in [1.29, 1.82) is 0 Å². The molecule has 3 nitrogen and oxygen atoms in total. The fourth-order valence-electron chi connectivity index (χ4n) is 1.67. The lowest BCUT2D eigenvalue weighted by atomic mass is 10.1. The largest absolute Gasteiger partial charge is 0.441 e.